The number of carbonyl (C=O) groups excluding carboxylic acids is 1. The first-order valence-corrected chi connectivity index (χ1v) is 5.27. The van der Waals surface area contributed by atoms with Crippen molar-refractivity contribution in [3.63, 3.8) is 0 Å². The predicted molar refractivity (Wildman–Crippen MR) is 66.7 cm³/mol. The summed E-state index contributed by atoms with van der Waals surface area (Å²) in [5.74, 6) is -0.850. The van der Waals surface area contributed by atoms with Crippen molar-refractivity contribution in [1.82, 2.24) is 9.88 Å². The van der Waals surface area contributed by atoms with Crippen molar-refractivity contribution in [2.75, 3.05) is 14.1 Å². The summed E-state index contributed by atoms with van der Waals surface area (Å²) in [6.45, 7) is 0. The average molecular weight is 250 g/mol. The van der Waals surface area contributed by atoms with Gasteiger partial charge in [0.15, 0.2) is 0 Å². The van der Waals surface area contributed by atoms with E-state index in [-0.39, 0.29) is 22.6 Å². The number of hydrogen-bond acceptors (Lipinski definition) is 1. The summed E-state index contributed by atoms with van der Waals surface area (Å²) in [6.07, 6.45) is 0. The van der Waals surface area contributed by atoms with Crippen LogP contribution < -0.4 is 5.46 Å². The SMILES string of the molecule is [B]c1cc(Cl)c2cc(C(=O)N(C)C)[nH]c2c1F. The molecular weight excluding hydrogens is 241 g/mol. The highest BCUT2D eigenvalue weighted by molar-refractivity contribution is 6.40. The Kier molecular flexibility index (Phi) is 2.87. The number of carbonyl (C=O) groups is 1. The summed E-state index contributed by atoms with van der Waals surface area (Å²) in [5.41, 5.74) is 0.379. The molecule has 2 rings (SSSR count). The van der Waals surface area contributed by atoms with Gasteiger partial charge in [0.2, 0.25) is 0 Å². The number of fused-ring (bicyclic) bond motifs is 1. The van der Waals surface area contributed by atoms with E-state index in [0.29, 0.717) is 10.4 Å². The number of benzene rings is 1. The van der Waals surface area contributed by atoms with E-state index in [4.69, 9.17) is 19.4 Å². The molecule has 0 saturated heterocycles. The maximum atomic E-state index is 13.7. The summed E-state index contributed by atoms with van der Waals surface area (Å²) in [4.78, 5) is 15.8. The first-order chi connectivity index (χ1) is 7.91. The molecule has 2 aromatic rings. The van der Waals surface area contributed by atoms with Crippen LogP contribution in [0.15, 0.2) is 12.1 Å². The van der Waals surface area contributed by atoms with Gasteiger partial charge in [-0.1, -0.05) is 17.1 Å². The van der Waals surface area contributed by atoms with Gasteiger partial charge >= 0.3 is 0 Å². The molecule has 0 unspecified atom stereocenters. The largest absolute Gasteiger partial charge is 0.348 e. The number of nitrogens with zero attached hydrogens (tertiary/aromatic N) is 1. The van der Waals surface area contributed by atoms with Crippen LogP contribution in [0.5, 0.6) is 0 Å². The molecule has 0 atom stereocenters. The average Bonchev–Trinajstić information content (AvgIpc) is 2.70. The third kappa shape index (κ3) is 1.91. The fourth-order valence-electron chi connectivity index (χ4n) is 1.59. The molecule has 1 amide bonds. The van der Waals surface area contributed by atoms with E-state index in [1.54, 1.807) is 14.1 Å². The lowest BCUT2D eigenvalue weighted by molar-refractivity contribution is 0.0823. The molecule has 0 bridgehead atoms. The van der Waals surface area contributed by atoms with E-state index < -0.39 is 5.82 Å². The minimum absolute atomic E-state index is 0.0480. The van der Waals surface area contributed by atoms with Crippen molar-refractivity contribution >= 4 is 41.7 Å². The van der Waals surface area contributed by atoms with Crippen molar-refractivity contribution in [1.29, 1.82) is 0 Å². The summed E-state index contributed by atoms with van der Waals surface area (Å²) in [6, 6.07) is 2.85. The lowest BCUT2D eigenvalue weighted by Crippen LogP contribution is -2.21. The highest BCUT2D eigenvalue weighted by atomic mass is 35.5. The maximum Gasteiger partial charge on any atom is 0.269 e. The Labute approximate surface area is 104 Å². The number of nitrogens with one attached hydrogen (secondary N) is 1. The first-order valence-electron chi connectivity index (χ1n) is 4.89. The number of rotatable bonds is 1. The zero-order valence-corrected chi connectivity index (χ0v) is 10.1. The van der Waals surface area contributed by atoms with Crippen LogP contribution in [-0.2, 0) is 0 Å². The topological polar surface area (TPSA) is 36.1 Å². The molecule has 17 heavy (non-hydrogen) atoms. The van der Waals surface area contributed by atoms with Gasteiger partial charge in [0.25, 0.3) is 5.91 Å². The number of aromatic nitrogens is 1. The Hall–Kier alpha value is -1.49. The predicted octanol–water partition coefficient (Wildman–Crippen LogP) is 1.46. The highest BCUT2D eigenvalue weighted by Crippen LogP contribution is 2.25. The number of H-pyrrole nitrogens is 1. The molecule has 0 aliphatic carbocycles. The summed E-state index contributed by atoms with van der Waals surface area (Å²) in [7, 11) is 8.68. The van der Waals surface area contributed by atoms with Crippen LogP contribution in [0.25, 0.3) is 10.9 Å². The molecule has 0 fully saturated rings. The zero-order chi connectivity index (χ0) is 12.7. The smallest absolute Gasteiger partial charge is 0.269 e. The van der Waals surface area contributed by atoms with E-state index in [9.17, 15) is 9.18 Å². The molecule has 0 aliphatic rings. The van der Waals surface area contributed by atoms with E-state index >= 15 is 0 Å². The van der Waals surface area contributed by atoms with Gasteiger partial charge in [-0.3, -0.25) is 4.79 Å². The van der Waals surface area contributed by atoms with Crippen LogP contribution in [0, 0.1) is 5.82 Å². The monoisotopic (exact) mass is 250 g/mol. The van der Waals surface area contributed by atoms with E-state index in [1.807, 2.05) is 0 Å². The van der Waals surface area contributed by atoms with Gasteiger partial charge in [-0.15, -0.1) is 0 Å². The van der Waals surface area contributed by atoms with Gasteiger partial charge in [-0.25, -0.2) is 4.39 Å². The molecule has 3 nitrogen and oxygen atoms in total. The second-order valence-corrected chi connectivity index (χ2v) is 4.34. The summed E-state index contributed by atoms with van der Waals surface area (Å²) >= 11 is 5.94. The van der Waals surface area contributed by atoms with Gasteiger partial charge in [-0.05, 0) is 12.1 Å². The van der Waals surface area contributed by atoms with Gasteiger partial charge < -0.3 is 9.88 Å². The third-order valence-corrected chi connectivity index (χ3v) is 2.78. The lowest BCUT2D eigenvalue weighted by atomic mass is 9.94. The van der Waals surface area contributed by atoms with E-state index in [2.05, 4.69) is 4.98 Å². The second-order valence-electron chi connectivity index (χ2n) is 3.93. The maximum absolute atomic E-state index is 13.7. The minimum Gasteiger partial charge on any atom is -0.348 e. The van der Waals surface area contributed by atoms with E-state index in [1.165, 1.54) is 17.0 Å². The summed E-state index contributed by atoms with van der Waals surface area (Å²) in [5, 5.41) is 0.761. The zero-order valence-electron chi connectivity index (χ0n) is 9.34. The molecule has 86 valence electrons. The van der Waals surface area contributed by atoms with Crippen molar-refractivity contribution < 1.29 is 9.18 Å². The van der Waals surface area contributed by atoms with Crippen molar-refractivity contribution in [2.45, 2.75) is 0 Å². The minimum atomic E-state index is -0.595. The van der Waals surface area contributed by atoms with Gasteiger partial charge in [0, 0.05) is 24.5 Å². The quantitative estimate of drug-likeness (QED) is 0.764. The molecule has 0 aliphatic heterocycles. The van der Waals surface area contributed by atoms with Gasteiger partial charge in [0.05, 0.1) is 5.52 Å². The van der Waals surface area contributed by atoms with Crippen molar-refractivity contribution in [2.24, 2.45) is 0 Å². The molecule has 0 spiro atoms. The van der Waals surface area contributed by atoms with Crippen LogP contribution in [0.4, 0.5) is 4.39 Å². The molecule has 6 heteroatoms. The van der Waals surface area contributed by atoms with E-state index in [0.717, 1.165) is 0 Å². The number of aromatic amines is 1. The summed E-state index contributed by atoms with van der Waals surface area (Å²) < 4.78 is 13.7. The Morgan fingerprint density at radius 3 is 2.71 bits per heavy atom. The second kappa shape index (κ2) is 4.07. The number of halogens is 2. The van der Waals surface area contributed by atoms with Gasteiger partial charge in [0.1, 0.15) is 19.4 Å². The molecule has 2 radical (unpaired) electrons. The van der Waals surface area contributed by atoms with Crippen LogP contribution in [-0.4, -0.2) is 37.7 Å². The Bertz CT molecular complexity index is 609. The van der Waals surface area contributed by atoms with Gasteiger partial charge in [-0.2, -0.15) is 0 Å². The van der Waals surface area contributed by atoms with Crippen molar-refractivity contribution in [3.05, 3.63) is 28.7 Å². The van der Waals surface area contributed by atoms with Crippen LogP contribution in [0.3, 0.4) is 0 Å². The Morgan fingerprint density at radius 2 is 2.12 bits per heavy atom. The highest BCUT2D eigenvalue weighted by Gasteiger charge is 2.16. The fraction of sp³-hybridized carbons (Fsp3) is 0.182. The molecule has 1 aromatic carbocycles. The van der Waals surface area contributed by atoms with Crippen LogP contribution in [0.1, 0.15) is 10.5 Å². The normalized spacial score (nSPS) is 10.8. The fourth-order valence-corrected chi connectivity index (χ4v) is 1.86. The molecule has 1 N–H and O–H groups in total. The molecule has 0 saturated carbocycles. The third-order valence-electron chi connectivity index (χ3n) is 2.47. The standard InChI is InChI=1S/C11H9BClFN2O/c1-16(2)11(17)8-3-5-7(13)4-6(12)9(14)10(5)15-8/h3-4,15H,1-2H3. The lowest BCUT2D eigenvalue weighted by Gasteiger charge is -2.07. The van der Waals surface area contributed by atoms with Crippen LogP contribution >= 0.6 is 11.6 Å². The number of hydrogen-bond donors (Lipinski definition) is 1. The Morgan fingerprint density at radius 1 is 1.47 bits per heavy atom. The van der Waals surface area contributed by atoms with Crippen molar-refractivity contribution in [3.8, 4) is 0 Å². The molecular formula is C11H9BClFN2O. The molecule has 1 aromatic heterocycles. The molecule has 1 heterocycles. The Balaban J connectivity index is 2.69. The van der Waals surface area contributed by atoms with Crippen LogP contribution in [0.2, 0.25) is 5.02 Å². The number of amides is 1. The first kappa shape index (κ1) is 12.0.